The van der Waals surface area contributed by atoms with E-state index in [4.69, 9.17) is 11.6 Å². The monoisotopic (exact) mass is 602 g/mol. The molecular formula is C33H25ClF2N2O5. The number of nitrogens with zero attached hydrogens (tertiary/aromatic N) is 2. The van der Waals surface area contributed by atoms with Gasteiger partial charge in [0.25, 0.3) is 0 Å². The van der Waals surface area contributed by atoms with Crippen LogP contribution in [0.2, 0.25) is 5.02 Å². The second-order valence-electron chi connectivity index (χ2n) is 11.8. The maximum Gasteiger partial charge on any atom is 0.241 e. The molecule has 0 bridgehead atoms. The van der Waals surface area contributed by atoms with Crippen LogP contribution in [-0.2, 0) is 19.2 Å². The SMILES string of the molecule is C[C@@]12C(=O)N(c3ccc(F)c(Cl)c3)C(=O)[C@@H]1C[C@@H]1C(=CC[C@@H]3C(=O)N(c4ccccc4)C(=O)[C@@H]31)[C@@H]2c1cccc(F)c1O. The molecule has 0 radical (unpaired) electrons. The van der Waals surface area contributed by atoms with E-state index in [2.05, 4.69) is 0 Å². The molecule has 218 valence electrons. The minimum Gasteiger partial charge on any atom is -0.505 e. The Morgan fingerprint density at radius 1 is 0.837 bits per heavy atom. The van der Waals surface area contributed by atoms with Gasteiger partial charge in [-0.3, -0.25) is 24.1 Å². The third kappa shape index (κ3) is 3.70. The van der Waals surface area contributed by atoms with E-state index in [0.29, 0.717) is 11.3 Å². The fourth-order valence-electron chi connectivity index (χ4n) is 7.83. The number of halogens is 3. The van der Waals surface area contributed by atoms with E-state index in [1.807, 2.05) is 6.08 Å². The van der Waals surface area contributed by atoms with Crippen LogP contribution in [0.15, 0.2) is 78.4 Å². The summed E-state index contributed by atoms with van der Waals surface area (Å²) in [5.74, 6) is -8.30. The second-order valence-corrected chi connectivity index (χ2v) is 12.2. The molecule has 7 rings (SSSR count). The molecule has 10 heteroatoms. The third-order valence-corrected chi connectivity index (χ3v) is 10.1. The second kappa shape index (κ2) is 9.57. The first-order valence-corrected chi connectivity index (χ1v) is 14.4. The molecule has 2 aliphatic carbocycles. The molecule has 3 aromatic rings. The van der Waals surface area contributed by atoms with E-state index in [9.17, 15) is 33.1 Å². The van der Waals surface area contributed by atoms with E-state index in [1.54, 1.807) is 37.3 Å². The van der Waals surface area contributed by atoms with Gasteiger partial charge < -0.3 is 5.11 Å². The van der Waals surface area contributed by atoms with Crippen LogP contribution in [0.5, 0.6) is 5.75 Å². The largest absolute Gasteiger partial charge is 0.505 e. The Balaban J connectivity index is 1.39. The lowest BCUT2D eigenvalue weighted by atomic mass is 9.51. The summed E-state index contributed by atoms with van der Waals surface area (Å²) in [4.78, 5) is 58.2. The van der Waals surface area contributed by atoms with Crippen molar-refractivity contribution in [3.8, 4) is 5.75 Å². The highest BCUT2D eigenvalue weighted by molar-refractivity contribution is 6.32. The Bertz CT molecular complexity index is 1780. The molecule has 2 aliphatic heterocycles. The van der Waals surface area contributed by atoms with E-state index >= 15 is 0 Å². The van der Waals surface area contributed by atoms with Gasteiger partial charge in [-0.05, 0) is 62.1 Å². The number of aromatic hydroxyl groups is 1. The Hall–Kier alpha value is -4.37. The number of para-hydroxylation sites is 2. The van der Waals surface area contributed by atoms with Crippen LogP contribution in [0.25, 0.3) is 0 Å². The van der Waals surface area contributed by atoms with Gasteiger partial charge in [0.05, 0.1) is 39.6 Å². The lowest BCUT2D eigenvalue weighted by molar-refractivity contribution is -0.131. The van der Waals surface area contributed by atoms with Gasteiger partial charge in [-0.25, -0.2) is 13.7 Å². The van der Waals surface area contributed by atoms with Crippen molar-refractivity contribution in [1.82, 2.24) is 0 Å². The number of amides is 4. The van der Waals surface area contributed by atoms with Crippen molar-refractivity contribution >= 4 is 46.6 Å². The molecule has 3 fully saturated rings. The summed E-state index contributed by atoms with van der Waals surface area (Å²) in [6.45, 7) is 1.61. The Labute approximate surface area is 250 Å². The number of phenols is 1. The summed E-state index contributed by atoms with van der Waals surface area (Å²) >= 11 is 6.01. The number of rotatable bonds is 3. The van der Waals surface area contributed by atoms with Crippen LogP contribution in [0, 0.1) is 40.7 Å². The molecule has 0 unspecified atom stereocenters. The minimum atomic E-state index is -1.50. The molecule has 7 nitrogen and oxygen atoms in total. The molecule has 0 aromatic heterocycles. The number of carbonyl (C=O) groups is 4. The maximum atomic E-state index is 14.8. The lowest BCUT2D eigenvalue weighted by Gasteiger charge is -2.49. The van der Waals surface area contributed by atoms with Crippen LogP contribution in [0.3, 0.4) is 0 Å². The van der Waals surface area contributed by atoms with Gasteiger partial charge in [-0.2, -0.15) is 0 Å². The van der Waals surface area contributed by atoms with Crippen molar-refractivity contribution in [3.63, 3.8) is 0 Å². The number of hydrogen-bond acceptors (Lipinski definition) is 5. The highest BCUT2D eigenvalue weighted by atomic mass is 35.5. The van der Waals surface area contributed by atoms with Crippen LogP contribution < -0.4 is 9.80 Å². The van der Waals surface area contributed by atoms with E-state index < -0.39 is 70.1 Å². The zero-order valence-corrected chi connectivity index (χ0v) is 23.6. The van der Waals surface area contributed by atoms with Crippen molar-refractivity contribution in [2.24, 2.45) is 29.1 Å². The minimum absolute atomic E-state index is 0.0771. The Morgan fingerprint density at radius 2 is 1.58 bits per heavy atom. The number of imide groups is 2. The standard InChI is InChI=1S/C33H25ClF2N2O5/c1-33-22(30(41)38(32(33)43)17-10-13-24(35)23(34)14-17)15-21-18(27(33)20-8-5-9-25(36)28(20)39)11-12-19-26(21)31(42)37(29(19)40)16-6-3-2-4-7-16/h2-11,13-14,19,21-22,26-27,39H,12,15H2,1H3/t19-,21+,22-,26-,27+,33+/m0/s1. The molecule has 4 amide bonds. The quantitative estimate of drug-likeness (QED) is 0.304. The number of hydrogen-bond donors (Lipinski definition) is 1. The Kier molecular flexibility index (Phi) is 6.11. The summed E-state index contributed by atoms with van der Waals surface area (Å²) in [7, 11) is 0. The van der Waals surface area contributed by atoms with Gasteiger partial charge in [0.1, 0.15) is 5.82 Å². The topological polar surface area (TPSA) is 95.0 Å². The summed E-state index contributed by atoms with van der Waals surface area (Å²) < 4.78 is 28.8. The third-order valence-electron chi connectivity index (χ3n) is 9.78. The van der Waals surface area contributed by atoms with E-state index in [1.165, 1.54) is 29.2 Å². The molecule has 1 saturated carbocycles. The molecule has 2 saturated heterocycles. The van der Waals surface area contributed by atoms with Crippen molar-refractivity contribution in [2.45, 2.75) is 25.7 Å². The molecule has 6 atom stereocenters. The smallest absolute Gasteiger partial charge is 0.241 e. The number of fused-ring (bicyclic) bond motifs is 4. The van der Waals surface area contributed by atoms with E-state index in [-0.39, 0.29) is 35.0 Å². The summed E-state index contributed by atoms with van der Waals surface area (Å²) in [6, 6.07) is 16.2. The van der Waals surface area contributed by atoms with Crippen LogP contribution in [-0.4, -0.2) is 28.7 Å². The Morgan fingerprint density at radius 3 is 2.30 bits per heavy atom. The van der Waals surface area contributed by atoms with Gasteiger partial charge in [-0.1, -0.05) is 53.6 Å². The predicted molar refractivity (Wildman–Crippen MR) is 153 cm³/mol. The average molecular weight is 603 g/mol. The first-order chi connectivity index (χ1) is 20.6. The molecule has 4 aliphatic rings. The van der Waals surface area contributed by atoms with Crippen molar-refractivity contribution in [3.05, 3.63) is 101 Å². The molecule has 3 aromatic carbocycles. The fourth-order valence-corrected chi connectivity index (χ4v) is 8.00. The zero-order chi connectivity index (χ0) is 30.4. The van der Waals surface area contributed by atoms with Gasteiger partial charge in [0, 0.05) is 11.5 Å². The number of anilines is 2. The lowest BCUT2D eigenvalue weighted by Crippen LogP contribution is -2.49. The van der Waals surface area contributed by atoms with Crippen molar-refractivity contribution < 1.29 is 33.1 Å². The predicted octanol–water partition coefficient (Wildman–Crippen LogP) is 5.76. The average Bonchev–Trinajstić information content (AvgIpc) is 3.36. The van der Waals surface area contributed by atoms with Crippen LogP contribution in [0.1, 0.15) is 31.2 Å². The maximum absolute atomic E-state index is 14.8. The zero-order valence-electron chi connectivity index (χ0n) is 22.8. The first kappa shape index (κ1) is 27.5. The number of phenolic OH excluding ortho intramolecular Hbond substituents is 1. The normalized spacial score (nSPS) is 29.9. The summed E-state index contributed by atoms with van der Waals surface area (Å²) in [5.41, 5.74) is -0.254. The summed E-state index contributed by atoms with van der Waals surface area (Å²) in [5, 5.41) is 10.7. The molecule has 1 N–H and O–H groups in total. The molecule has 2 heterocycles. The molecular weight excluding hydrogens is 578 g/mol. The number of allylic oxidation sites excluding steroid dienone is 2. The summed E-state index contributed by atoms with van der Waals surface area (Å²) in [6.07, 6.45) is 2.10. The highest BCUT2D eigenvalue weighted by Gasteiger charge is 2.68. The van der Waals surface area contributed by atoms with Gasteiger partial charge in [0.2, 0.25) is 23.6 Å². The van der Waals surface area contributed by atoms with Crippen LogP contribution >= 0.6 is 11.6 Å². The van der Waals surface area contributed by atoms with Gasteiger partial charge in [0.15, 0.2) is 11.6 Å². The fraction of sp³-hybridized carbons (Fsp3) is 0.273. The van der Waals surface area contributed by atoms with Crippen molar-refractivity contribution in [1.29, 1.82) is 0 Å². The van der Waals surface area contributed by atoms with Gasteiger partial charge >= 0.3 is 0 Å². The molecule has 43 heavy (non-hydrogen) atoms. The van der Waals surface area contributed by atoms with E-state index in [0.717, 1.165) is 17.0 Å². The molecule has 0 spiro atoms. The number of carbonyl (C=O) groups excluding carboxylic acids is 4. The van der Waals surface area contributed by atoms with Crippen molar-refractivity contribution in [2.75, 3.05) is 9.80 Å². The van der Waals surface area contributed by atoms with Crippen LogP contribution in [0.4, 0.5) is 20.2 Å². The highest BCUT2D eigenvalue weighted by Crippen LogP contribution is 2.64. The first-order valence-electron chi connectivity index (χ1n) is 14.0. The van der Waals surface area contributed by atoms with Gasteiger partial charge in [-0.15, -0.1) is 0 Å². The number of benzene rings is 3.